The molecule has 1 aromatic rings. The van der Waals surface area contributed by atoms with Crippen molar-refractivity contribution in [3.8, 4) is 0 Å². The molecule has 1 fully saturated rings. The first-order valence-electron chi connectivity index (χ1n) is 6.65. The first kappa shape index (κ1) is 12.1. The second-order valence-electron chi connectivity index (χ2n) is 5.39. The molecule has 0 bridgehead atoms. The monoisotopic (exact) mass is 237 g/mol. The number of nitrogens with zero attached hydrogens (tertiary/aromatic N) is 1. The normalized spacial score (nSPS) is 26.2. The molecule has 2 heteroatoms. The number of rotatable bonds is 3. The maximum absolute atomic E-state index is 4.74. The molecule has 0 aliphatic heterocycles. The molecule has 1 nitrogen and oxygen atoms in total. The van der Waals surface area contributed by atoms with Crippen LogP contribution in [0.25, 0.3) is 0 Å². The van der Waals surface area contributed by atoms with Gasteiger partial charge in [-0.15, -0.1) is 11.3 Å². The maximum atomic E-state index is 4.74. The summed E-state index contributed by atoms with van der Waals surface area (Å²) in [5.74, 6) is 2.59. The fourth-order valence-corrected chi connectivity index (χ4v) is 3.78. The van der Waals surface area contributed by atoms with E-state index < -0.39 is 0 Å². The van der Waals surface area contributed by atoms with Crippen LogP contribution in [0.3, 0.4) is 0 Å². The standard InChI is InChI=1S/C14H23NS/c1-4-13-9-16-14(15-13)12-7-5-11(6-8-12)10(2)3/h9-12H,4-8H2,1-3H3. The highest BCUT2D eigenvalue weighted by atomic mass is 32.1. The van der Waals surface area contributed by atoms with E-state index in [2.05, 4.69) is 26.2 Å². The first-order valence-corrected chi connectivity index (χ1v) is 7.53. The summed E-state index contributed by atoms with van der Waals surface area (Å²) in [6.07, 6.45) is 6.61. The minimum absolute atomic E-state index is 0.764. The van der Waals surface area contributed by atoms with E-state index in [0.29, 0.717) is 0 Å². The number of hydrogen-bond donors (Lipinski definition) is 0. The smallest absolute Gasteiger partial charge is 0.0959 e. The molecule has 1 heterocycles. The molecular weight excluding hydrogens is 214 g/mol. The molecule has 90 valence electrons. The Balaban J connectivity index is 1.93. The van der Waals surface area contributed by atoms with Crippen LogP contribution < -0.4 is 0 Å². The molecule has 0 saturated heterocycles. The van der Waals surface area contributed by atoms with Crippen LogP contribution in [0.5, 0.6) is 0 Å². The number of aromatic nitrogens is 1. The van der Waals surface area contributed by atoms with Crippen LogP contribution in [0.1, 0.15) is 63.1 Å². The quantitative estimate of drug-likeness (QED) is 0.746. The van der Waals surface area contributed by atoms with Crippen LogP contribution in [0.4, 0.5) is 0 Å². The fraction of sp³-hybridized carbons (Fsp3) is 0.786. The SMILES string of the molecule is CCc1csc(C2CCC(C(C)C)CC2)n1. The third kappa shape index (κ3) is 2.65. The summed E-state index contributed by atoms with van der Waals surface area (Å²) in [4.78, 5) is 4.74. The number of aryl methyl sites for hydroxylation is 1. The molecule has 16 heavy (non-hydrogen) atoms. The van der Waals surface area contributed by atoms with Crippen molar-refractivity contribution in [2.24, 2.45) is 11.8 Å². The summed E-state index contributed by atoms with van der Waals surface area (Å²) in [6, 6.07) is 0. The molecule has 0 spiro atoms. The molecule has 2 rings (SSSR count). The maximum Gasteiger partial charge on any atom is 0.0959 e. The minimum Gasteiger partial charge on any atom is -0.246 e. The van der Waals surface area contributed by atoms with Crippen molar-refractivity contribution in [1.82, 2.24) is 4.98 Å². The highest BCUT2D eigenvalue weighted by Crippen LogP contribution is 2.39. The molecule has 0 atom stereocenters. The van der Waals surface area contributed by atoms with Crippen molar-refractivity contribution in [2.75, 3.05) is 0 Å². The third-order valence-corrected chi connectivity index (χ3v) is 5.05. The lowest BCUT2D eigenvalue weighted by Gasteiger charge is -2.29. The first-order chi connectivity index (χ1) is 7.70. The second kappa shape index (κ2) is 5.31. The summed E-state index contributed by atoms with van der Waals surface area (Å²) >= 11 is 1.88. The van der Waals surface area contributed by atoms with Gasteiger partial charge in [0.1, 0.15) is 0 Å². The van der Waals surface area contributed by atoms with E-state index in [9.17, 15) is 0 Å². The van der Waals surface area contributed by atoms with Crippen molar-refractivity contribution in [1.29, 1.82) is 0 Å². The predicted molar refractivity (Wildman–Crippen MR) is 71.0 cm³/mol. The van der Waals surface area contributed by atoms with Gasteiger partial charge in [0.25, 0.3) is 0 Å². The van der Waals surface area contributed by atoms with E-state index in [1.165, 1.54) is 36.4 Å². The van der Waals surface area contributed by atoms with E-state index in [0.717, 1.165) is 24.2 Å². The minimum atomic E-state index is 0.764. The zero-order valence-corrected chi connectivity index (χ0v) is 11.5. The van der Waals surface area contributed by atoms with Gasteiger partial charge in [-0.05, 0) is 43.9 Å². The van der Waals surface area contributed by atoms with Crippen LogP contribution >= 0.6 is 11.3 Å². The van der Waals surface area contributed by atoms with Gasteiger partial charge in [-0.2, -0.15) is 0 Å². The predicted octanol–water partition coefficient (Wildman–Crippen LogP) is 4.64. The molecule has 0 unspecified atom stereocenters. The van der Waals surface area contributed by atoms with Gasteiger partial charge in [-0.3, -0.25) is 0 Å². The van der Waals surface area contributed by atoms with Gasteiger partial charge in [-0.25, -0.2) is 4.98 Å². The van der Waals surface area contributed by atoms with Crippen LogP contribution in [-0.4, -0.2) is 4.98 Å². The summed E-state index contributed by atoms with van der Waals surface area (Å²) in [5.41, 5.74) is 1.28. The topological polar surface area (TPSA) is 12.9 Å². The van der Waals surface area contributed by atoms with Gasteiger partial charge < -0.3 is 0 Å². The van der Waals surface area contributed by atoms with Gasteiger partial charge in [0.2, 0.25) is 0 Å². The lowest BCUT2D eigenvalue weighted by atomic mass is 9.77. The van der Waals surface area contributed by atoms with E-state index >= 15 is 0 Å². The molecule has 1 saturated carbocycles. The molecule has 1 aromatic heterocycles. The van der Waals surface area contributed by atoms with Crippen LogP contribution in [-0.2, 0) is 6.42 Å². The third-order valence-electron chi connectivity index (χ3n) is 4.00. The second-order valence-corrected chi connectivity index (χ2v) is 6.28. The van der Waals surface area contributed by atoms with E-state index in [-0.39, 0.29) is 0 Å². The summed E-state index contributed by atoms with van der Waals surface area (Å²) in [7, 11) is 0. The Morgan fingerprint density at radius 1 is 1.31 bits per heavy atom. The highest BCUT2D eigenvalue weighted by Gasteiger charge is 2.25. The van der Waals surface area contributed by atoms with Crippen LogP contribution in [0, 0.1) is 11.8 Å². The fourth-order valence-electron chi connectivity index (χ4n) is 2.71. The highest BCUT2D eigenvalue weighted by molar-refractivity contribution is 7.09. The summed E-state index contributed by atoms with van der Waals surface area (Å²) in [6.45, 7) is 6.92. The van der Waals surface area contributed by atoms with Gasteiger partial charge in [0, 0.05) is 11.3 Å². The molecule has 1 aliphatic carbocycles. The Morgan fingerprint density at radius 2 is 2.00 bits per heavy atom. The average Bonchev–Trinajstić information content (AvgIpc) is 2.77. The zero-order valence-electron chi connectivity index (χ0n) is 10.7. The average molecular weight is 237 g/mol. The van der Waals surface area contributed by atoms with Crippen molar-refractivity contribution >= 4 is 11.3 Å². The molecule has 0 radical (unpaired) electrons. The van der Waals surface area contributed by atoms with Crippen molar-refractivity contribution < 1.29 is 0 Å². The Morgan fingerprint density at radius 3 is 2.50 bits per heavy atom. The van der Waals surface area contributed by atoms with Crippen molar-refractivity contribution in [3.05, 3.63) is 16.1 Å². The van der Waals surface area contributed by atoms with Crippen molar-refractivity contribution in [3.63, 3.8) is 0 Å². The van der Waals surface area contributed by atoms with Gasteiger partial charge in [-0.1, -0.05) is 20.8 Å². The largest absolute Gasteiger partial charge is 0.246 e. The molecule has 0 N–H and O–H groups in total. The van der Waals surface area contributed by atoms with E-state index in [1.807, 2.05) is 11.3 Å². The van der Waals surface area contributed by atoms with Crippen LogP contribution in [0.2, 0.25) is 0 Å². The Labute approximate surface area is 103 Å². The van der Waals surface area contributed by atoms with Gasteiger partial charge in [0.05, 0.1) is 10.7 Å². The van der Waals surface area contributed by atoms with Crippen LogP contribution in [0.15, 0.2) is 5.38 Å². The zero-order chi connectivity index (χ0) is 11.5. The van der Waals surface area contributed by atoms with Gasteiger partial charge >= 0.3 is 0 Å². The Kier molecular flexibility index (Phi) is 4.01. The number of hydrogen-bond acceptors (Lipinski definition) is 2. The number of thiazole rings is 1. The summed E-state index contributed by atoms with van der Waals surface area (Å²) < 4.78 is 0. The Bertz CT molecular complexity index is 321. The molecule has 0 amide bonds. The van der Waals surface area contributed by atoms with E-state index in [1.54, 1.807) is 0 Å². The van der Waals surface area contributed by atoms with E-state index in [4.69, 9.17) is 4.98 Å². The van der Waals surface area contributed by atoms with Gasteiger partial charge in [0.15, 0.2) is 0 Å². The molecular formula is C14H23NS. The lowest BCUT2D eigenvalue weighted by Crippen LogP contribution is -2.17. The molecule has 0 aromatic carbocycles. The molecule has 1 aliphatic rings. The summed E-state index contributed by atoms with van der Waals surface area (Å²) in [5, 5.41) is 3.64. The lowest BCUT2D eigenvalue weighted by molar-refractivity contribution is 0.258. The van der Waals surface area contributed by atoms with Crippen molar-refractivity contribution in [2.45, 2.75) is 58.8 Å². The Hall–Kier alpha value is -0.370.